The van der Waals surface area contributed by atoms with E-state index in [0.717, 1.165) is 11.4 Å². The van der Waals surface area contributed by atoms with Crippen molar-refractivity contribution in [2.24, 2.45) is 0 Å². The van der Waals surface area contributed by atoms with Gasteiger partial charge in [-0.15, -0.1) is 11.8 Å². The van der Waals surface area contributed by atoms with Gasteiger partial charge < -0.3 is 19.1 Å². The average molecular weight is 426 g/mol. The van der Waals surface area contributed by atoms with E-state index in [1.165, 1.54) is 16.3 Å². The standard InChI is InChI=1S/C23H23NO3S2/c1-25-20-11-18(12-21(26-2)22(20)27-3)24-19(13-28)14-29-23(24)17-9-8-15-6-4-5-7-16(15)10-17/h4-13,19,23H,14H2,1-3H3. The van der Waals surface area contributed by atoms with Gasteiger partial charge in [0, 0.05) is 28.9 Å². The molecule has 29 heavy (non-hydrogen) atoms. The van der Waals surface area contributed by atoms with Crippen LogP contribution in [0.4, 0.5) is 5.69 Å². The van der Waals surface area contributed by atoms with Gasteiger partial charge >= 0.3 is 0 Å². The Morgan fingerprint density at radius 3 is 2.24 bits per heavy atom. The second-order valence-corrected chi connectivity index (χ2v) is 8.17. The second kappa shape index (κ2) is 8.51. The van der Waals surface area contributed by atoms with Crippen LogP contribution < -0.4 is 19.1 Å². The topological polar surface area (TPSA) is 30.9 Å². The lowest BCUT2D eigenvalue weighted by Gasteiger charge is -2.31. The number of hydrogen-bond donors (Lipinski definition) is 0. The first-order chi connectivity index (χ1) is 14.2. The van der Waals surface area contributed by atoms with Gasteiger partial charge in [-0.3, -0.25) is 0 Å². The maximum atomic E-state index is 5.57. The van der Waals surface area contributed by atoms with Gasteiger partial charge in [-0.25, -0.2) is 0 Å². The van der Waals surface area contributed by atoms with E-state index in [-0.39, 0.29) is 11.4 Å². The van der Waals surface area contributed by atoms with Crippen molar-refractivity contribution in [3.8, 4) is 17.2 Å². The van der Waals surface area contributed by atoms with Gasteiger partial charge in [0.2, 0.25) is 5.75 Å². The fourth-order valence-corrected chi connectivity index (χ4v) is 5.55. The van der Waals surface area contributed by atoms with Crippen molar-refractivity contribution in [3.05, 3.63) is 60.2 Å². The summed E-state index contributed by atoms with van der Waals surface area (Å²) in [4.78, 5) is 2.34. The van der Waals surface area contributed by atoms with Crippen LogP contribution in [0.1, 0.15) is 10.9 Å². The van der Waals surface area contributed by atoms with Crippen LogP contribution in [0.2, 0.25) is 0 Å². The molecule has 1 heterocycles. The number of rotatable bonds is 6. The predicted octanol–water partition coefficient (Wildman–Crippen LogP) is 5.49. The highest BCUT2D eigenvalue weighted by Gasteiger charge is 2.35. The Bertz CT molecular complexity index is 1010. The molecule has 1 aliphatic heterocycles. The van der Waals surface area contributed by atoms with Crippen LogP contribution in [-0.4, -0.2) is 38.5 Å². The van der Waals surface area contributed by atoms with Crippen LogP contribution in [0.5, 0.6) is 17.2 Å². The highest BCUT2D eigenvalue weighted by molar-refractivity contribution is 8.00. The largest absolute Gasteiger partial charge is 0.493 e. The molecule has 0 aliphatic carbocycles. The summed E-state index contributed by atoms with van der Waals surface area (Å²) in [5.74, 6) is 2.79. The van der Waals surface area contributed by atoms with Crippen molar-refractivity contribution in [2.45, 2.75) is 11.4 Å². The minimum Gasteiger partial charge on any atom is -0.493 e. The Hall–Kier alpha value is -2.44. The molecule has 6 heteroatoms. The maximum Gasteiger partial charge on any atom is 0.203 e. The Balaban J connectivity index is 1.81. The van der Waals surface area contributed by atoms with Crippen molar-refractivity contribution in [3.63, 3.8) is 0 Å². The van der Waals surface area contributed by atoms with Gasteiger partial charge in [0.15, 0.2) is 11.5 Å². The van der Waals surface area contributed by atoms with Crippen LogP contribution in [0.15, 0.2) is 54.6 Å². The Morgan fingerprint density at radius 2 is 1.62 bits per heavy atom. The quantitative estimate of drug-likeness (QED) is 0.486. The molecule has 0 amide bonds. The lowest BCUT2D eigenvalue weighted by Crippen LogP contribution is -2.33. The highest BCUT2D eigenvalue weighted by atomic mass is 32.2. The van der Waals surface area contributed by atoms with Crippen molar-refractivity contribution < 1.29 is 14.2 Å². The first-order valence-corrected chi connectivity index (χ1v) is 10.9. The van der Waals surface area contributed by atoms with E-state index in [1.54, 1.807) is 21.3 Å². The molecule has 4 rings (SSSR count). The van der Waals surface area contributed by atoms with Gasteiger partial charge in [0.1, 0.15) is 5.37 Å². The van der Waals surface area contributed by atoms with Gasteiger partial charge in [0.05, 0.1) is 27.4 Å². The summed E-state index contributed by atoms with van der Waals surface area (Å²) in [5.41, 5.74) is 2.25. The zero-order chi connectivity index (χ0) is 20.4. The summed E-state index contributed by atoms with van der Waals surface area (Å²) in [5, 5.41) is 4.47. The summed E-state index contributed by atoms with van der Waals surface area (Å²) in [7, 11) is 4.89. The molecule has 150 valence electrons. The molecule has 1 fully saturated rings. The van der Waals surface area contributed by atoms with E-state index in [1.807, 2.05) is 29.3 Å². The van der Waals surface area contributed by atoms with Crippen molar-refractivity contribution in [1.82, 2.24) is 0 Å². The zero-order valence-corrected chi connectivity index (χ0v) is 18.3. The maximum absolute atomic E-state index is 5.57. The summed E-state index contributed by atoms with van der Waals surface area (Å²) < 4.78 is 16.6. The molecule has 2 atom stereocenters. The van der Waals surface area contributed by atoms with Crippen LogP contribution in [0, 0.1) is 0 Å². The molecule has 0 bridgehead atoms. The lowest BCUT2D eigenvalue weighted by molar-refractivity contribution is 0.324. The molecular formula is C23H23NO3S2. The number of fused-ring (bicyclic) bond motifs is 1. The van der Waals surface area contributed by atoms with Gasteiger partial charge in [-0.1, -0.05) is 48.6 Å². The lowest BCUT2D eigenvalue weighted by atomic mass is 10.1. The van der Waals surface area contributed by atoms with Crippen LogP contribution in [0.25, 0.3) is 10.8 Å². The third-order valence-electron chi connectivity index (χ3n) is 5.20. The molecule has 4 nitrogen and oxygen atoms in total. The number of anilines is 1. The van der Waals surface area contributed by atoms with E-state index in [9.17, 15) is 0 Å². The van der Waals surface area contributed by atoms with E-state index in [4.69, 9.17) is 26.4 Å². The third-order valence-corrected chi connectivity index (χ3v) is 6.86. The number of methoxy groups -OCH3 is 3. The monoisotopic (exact) mass is 425 g/mol. The minimum absolute atomic E-state index is 0.134. The minimum atomic E-state index is 0.134. The van der Waals surface area contributed by atoms with E-state index in [2.05, 4.69) is 47.4 Å². The Morgan fingerprint density at radius 1 is 0.931 bits per heavy atom. The van der Waals surface area contributed by atoms with Gasteiger partial charge in [0.25, 0.3) is 0 Å². The fourth-order valence-electron chi connectivity index (χ4n) is 3.79. The Labute approximate surface area is 180 Å². The summed E-state index contributed by atoms with van der Waals surface area (Å²) in [6.07, 6.45) is 0. The number of thioether (sulfide) groups is 1. The summed E-state index contributed by atoms with van der Waals surface area (Å²) >= 11 is 7.26. The number of ether oxygens (including phenoxy) is 3. The first kappa shape index (κ1) is 19.9. The molecule has 3 aromatic carbocycles. The predicted molar refractivity (Wildman–Crippen MR) is 125 cm³/mol. The number of thiocarbonyl (C=S) groups is 1. The van der Waals surface area contributed by atoms with E-state index >= 15 is 0 Å². The summed E-state index contributed by atoms with van der Waals surface area (Å²) in [6, 6.07) is 19.2. The van der Waals surface area contributed by atoms with E-state index < -0.39 is 0 Å². The van der Waals surface area contributed by atoms with Crippen LogP contribution >= 0.6 is 24.0 Å². The molecule has 1 saturated heterocycles. The normalized spacial score (nSPS) is 18.7. The number of nitrogens with zero attached hydrogens (tertiary/aromatic N) is 1. The number of benzene rings is 3. The second-order valence-electron chi connectivity index (χ2n) is 6.79. The van der Waals surface area contributed by atoms with Crippen molar-refractivity contribution >= 4 is 45.8 Å². The van der Waals surface area contributed by atoms with Crippen LogP contribution in [0.3, 0.4) is 0 Å². The molecule has 0 spiro atoms. The van der Waals surface area contributed by atoms with Crippen LogP contribution in [-0.2, 0) is 0 Å². The molecule has 3 aromatic rings. The smallest absolute Gasteiger partial charge is 0.203 e. The molecule has 2 unspecified atom stereocenters. The Kier molecular flexibility index (Phi) is 5.83. The molecular weight excluding hydrogens is 402 g/mol. The summed E-state index contributed by atoms with van der Waals surface area (Å²) in [6.45, 7) is 0. The molecule has 0 aromatic heterocycles. The average Bonchev–Trinajstić information content (AvgIpc) is 3.21. The van der Waals surface area contributed by atoms with Crippen molar-refractivity contribution in [1.29, 1.82) is 0 Å². The zero-order valence-electron chi connectivity index (χ0n) is 16.6. The SMILES string of the molecule is COc1cc(N2C(C=S)CSC2c2ccc3ccccc3c2)cc(OC)c1OC. The van der Waals surface area contributed by atoms with Crippen molar-refractivity contribution in [2.75, 3.05) is 32.0 Å². The molecule has 0 N–H and O–H groups in total. The molecule has 1 aliphatic rings. The highest BCUT2D eigenvalue weighted by Crippen LogP contribution is 2.48. The van der Waals surface area contributed by atoms with Gasteiger partial charge in [-0.05, 0) is 22.4 Å². The van der Waals surface area contributed by atoms with Gasteiger partial charge in [-0.2, -0.15) is 0 Å². The van der Waals surface area contributed by atoms with E-state index in [0.29, 0.717) is 17.2 Å². The molecule has 0 radical (unpaired) electrons. The first-order valence-electron chi connectivity index (χ1n) is 9.34. The fraction of sp³-hybridized carbons (Fsp3) is 0.261. The third kappa shape index (κ3) is 3.63. The number of hydrogen-bond acceptors (Lipinski definition) is 6. The molecule has 0 saturated carbocycles.